The van der Waals surface area contributed by atoms with Gasteiger partial charge in [0.25, 0.3) is 20.0 Å². The van der Waals surface area contributed by atoms with Gasteiger partial charge < -0.3 is 0 Å². The Morgan fingerprint density at radius 2 is 1.44 bits per heavy atom. The van der Waals surface area contributed by atoms with Crippen LogP contribution in [0.3, 0.4) is 0 Å². The summed E-state index contributed by atoms with van der Waals surface area (Å²) in [4.78, 5) is 4.35. The smallest absolute Gasteiger partial charge is 0.262 e. The topological polar surface area (TPSA) is 105 Å². The first-order chi connectivity index (χ1) is 12.9. The van der Waals surface area contributed by atoms with E-state index in [1.54, 1.807) is 18.2 Å². The Kier molecular flexibility index (Phi) is 5.81. The van der Waals surface area contributed by atoms with Gasteiger partial charge in [0.2, 0.25) is 0 Å². The normalized spacial score (nSPS) is 15.5. The fourth-order valence-corrected chi connectivity index (χ4v) is 4.92. The van der Waals surface area contributed by atoms with Gasteiger partial charge in [0.15, 0.2) is 0 Å². The lowest BCUT2D eigenvalue weighted by Gasteiger charge is -2.12. The second-order valence-corrected chi connectivity index (χ2v) is 9.56. The van der Waals surface area contributed by atoms with Crippen LogP contribution in [0.25, 0.3) is 0 Å². The van der Waals surface area contributed by atoms with Crippen LogP contribution in [0.15, 0.2) is 69.4 Å². The molecule has 9 heteroatoms. The number of nitrogens with one attached hydrogen (secondary N) is 2. The van der Waals surface area contributed by atoms with Gasteiger partial charge in [0.1, 0.15) is 5.84 Å². The first kappa shape index (κ1) is 19.4. The molecule has 0 amide bonds. The molecule has 0 aromatic heterocycles. The third-order valence-corrected chi connectivity index (χ3v) is 6.85. The zero-order valence-electron chi connectivity index (χ0n) is 14.6. The summed E-state index contributed by atoms with van der Waals surface area (Å²) in [6.07, 6.45) is 3.44. The molecule has 0 unspecified atom stereocenters. The van der Waals surface area contributed by atoms with Gasteiger partial charge >= 0.3 is 0 Å². The molecule has 1 aliphatic rings. The Labute approximate surface area is 159 Å². The molecular formula is C18H21N3O4S2. The summed E-state index contributed by atoms with van der Waals surface area (Å²) in [6, 6.07) is 13.6. The van der Waals surface area contributed by atoms with Crippen LogP contribution in [-0.2, 0) is 20.0 Å². The van der Waals surface area contributed by atoms with Crippen molar-refractivity contribution in [1.29, 1.82) is 0 Å². The predicted molar refractivity (Wildman–Crippen MR) is 105 cm³/mol. The Morgan fingerprint density at radius 3 is 2.22 bits per heavy atom. The zero-order valence-corrected chi connectivity index (χ0v) is 16.3. The minimum absolute atomic E-state index is 0.0253. The van der Waals surface area contributed by atoms with Gasteiger partial charge in [0, 0.05) is 13.0 Å². The SMILES string of the molecule is O=S(=O)(NC1=NCCCCC1)c1cccc(NS(=O)(=O)c2ccccc2)c1. The quantitative estimate of drug-likeness (QED) is 0.795. The number of rotatable bonds is 5. The molecule has 1 aliphatic heterocycles. The minimum atomic E-state index is -3.83. The average Bonchev–Trinajstić information content (AvgIpc) is 2.90. The summed E-state index contributed by atoms with van der Waals surface area (Å²) in [5, 5.41) is 0. The number of amidine groups is 1. The summed E-state index contributed by atoms with van der Waals surface area (Å²) in [6.45, 7) is 0.606. The first-order valence-electron chi connectivity index (χ1n) is 8.61. The third-order valence-electron chi connectivity index (χ3n) is 4.08. The molecule has 0 fully saturated rings. The highest BCUT2D eigenvalue weighted by atomic mass is 32.2. The molecular weight excluding hydrogens is 386 g/mol. The number of hydrogen-bond donors (Lipinski definition) is 2. The molecule has 7 nitrogen and oxygen atoms in total. The summed E-state index contributed by atoms with van der Waals surface area (Å²) >= 11 is 0. The number of hydrogen-bond acceptors (Lipinski definition) is 5. The molecule has 27 heavy (non-hydrogen) atoms. The van der Waals surface area contributed by atoms with Gasteiger partial charge in [-0.15, -0.1) is 0 Å². The molecule has 0 spiro atoms. The fraction of sp³-hybridized carbons (Fsp3) is 0.278. The molecule has 0 radical (unpaired) electrons. The highest BCUT2D eigenvalue weighted by Crippen LogP contribution is 2.20. The Morgan fingerprint density at radius 1 is 0.741 bits per heavy atom. The van der Waals surface area contributed by atoms with E-state index >= 15 is 0 Å². The number of anilines is 1. The van der Waals surface area contributed by atoms with E-state index in [4.69, 9.17) is 0 Å². The summed E-state index contributed by atoms with van der Waals surface area (Å²) < 4.78 is 55.0. The van der Waals surface area contributed by atoms with E-state index in [9.17, 15) is 16.8 Å². The standard InChI is InChI=1S/C18H21N3O4S2/c22-26(23,16-9-3-1-4-10-16)20-15-8-7-11-17(14-15)27(24,25)21-18-12-5-2-6-13-19-18/h1,3-4,7-11,14,20H,2,5-6,12-13H2,(H,19,21). The summed E-state index contributed by atoms with van der Waals surface area (Å²) in [5.74, 6) is 0.447. The van der Waals surface area contributed by atoms with Gasteiger partial charge in [0.05, 0.1) is 15.5 Å². The number of nitrogens with zero attached hydrogens (tertiary/aromatic N) is 1. The maximum Gasteiger partial charge on any atom is 0.262 e. The van der Waals surface area contributed by atoms with Crippen LogP contribution in [0.4, 0.5) is 5.69 Å². The van der Waals surface area contributed by atoms with Crippen LogP contribution in [0.5, 0.6) is 0 Å². The van der Waals surface area contributed by atoms with Gasteiger partial charge in [-0.05, 0) is 43.2 Å². The van der Waals surface area contributed by atoms with Crippen molar-refractivity contribution in [3.05, 3.63) is 54.6 Å². The third kappa shape index (κ3) is 5.08. The van der Waals surface area contributed by atoms with E-state index in [1.165, 1.54) is 36.4 Å². The predicted octanol–water partition coefficient (Wildman–Crippen LogP) is 2.74. The van der Waals surface area contributed by atoms with Crippen LogP contribution in [0.2, 0.25) is 0 Å². The monoisotopic (exact) mass is 407 g/mol. The molecule has 0 atom stereocenters. The number of benzene rings is 2. The molecule has 2 N–H and O–H groups in total. The van der Waals surface area contributed by atoms with Gasteiger partial charge in [-0.3, -0.25) is 14.4 Å². The van der Waals surface area contributed by atoms with Crippen molar-refractivity contribution in [2.24, 2.45) is 4.99 Å². The first-order valence-corrected chi connectivity index (χ1v) is 11.6. The molecule has 144 valence electrons. The van der Waals surface area contributed by atoms with Crippen molar-refractivity contribution in [3.63, 3.8) is 0 Å². The van der Waals surface area contributed by atoms with Crippen molar-refractivity contribution < 1.29 is 16.8 Å². The van der Waals surface area contributed by atoms with Crippen molar-refractivity contribution >= 4 is 31.6 Å². The maximum absolute atomic E-state index is 12.6. The highest BCUT2D eigenvalue weighted by molar-refractivity contribution is 7.92. The zero-order chi connectivity index (χ0) is 19.3. The van der Waals surface area contributed by atoms with Crippen molar-refractivity contribution in [3.8, 4) is 0 Å². The fourth-order valence-electron chi connectivity index (χ4n) is 2.71. The summed E-state index contributed by atoms with van der Waals surface area (Å²) in [5.41, 5.74) is 0.171. The van der Waals surface area contributed by atoms with E-state index in [-0.39, 0.29) is 15.5 Å². The molecule has 0 aliphatic carbocycles. The lowest BCUT2D eigenvalue weighted by molar-refractivity contribution is 0.591. The molecule has 2 aromatic rings. The Balaban J connectivity index is 1.81. The molecule has 3 rings (SSSR count). The molecule has 0 saturated heterocycles. The van der Waals surface area contributed by atoms with Crippen LogP contribution in [-0.4, -0.2) is 29.2 Å². The van der Waals surface area contributed by atoms with Crippen LogP contribution in [0.1, 0.15) is 25.7 Å². The summed E-state index contributed by atoms with van der Waals surface area (Å²) in [7, 11) is -7.63. The van der Waals surface area contributed by atoms with Crippen molar-refractivity contribution in [2.75, 3.05) is 11.3 Å². The molecule has 0 bridgehead atoms. The van der Waals surface area contributed by atoms with E-state index in [0.717, 1.165) is 19.3 Å². The van der Waals surface area contributed by atoms with Gasteiger partial charge in [-0.25, -0.2) is 16.8 Å². The van der Waals surface area contributed by atoms with Crippen molar-refractivity contribution in [1.82, 2.24) is 4.72 Å². The van der Waals surface area contributed by atoms with Crippen molar-refractivity contribution in [2.45, 2.75) is 35.5 Å². The molecule has 0 saturated carbocycles. The van der Waals surface area contributed by atoms with Crippen LogP contribution >= 0.6 is 0 Å². The highest BCUT2D eigenvalue weighted by Gasteiger charge is 2.19. The molecule has 2 aromatic carbocycles. The van der Waals surface area contributed by atoms with Crippen LogP contribution < -0.4 is 9.44 Å². The Bertz CT molecular complexity index is 1030. The number of aliphatic imine (C=N–C) groups is 1. The van der Waals surface area contributed by atoms with Gasteiger partial charge in [-0.1, -0.05) is 30.7 Å². The van der Waals surface area contributed by atoms with E-state index in [2.05, 4.69) is 14.4 Å². The lowest BCUT2D eigenvalue weighted by atomic mass is 10.2. The van der Waals surface area contributed by atoms with E-state index < -0.39 is 20.0 Å². The van der Waals surface area contributed by atoms with Crippen LogP contribution in [0, 0.1) is 0 Å². The van der Waals surface area contributed by atoms with Gasteiger partial charge in [-0.2, -0.15) is 0 Å². The second-order valence-electron chi connectivity index (χ2n) is 6.19. The van der Waals surface area contributed by atoms with E-state index in [0.29, 0.717) is 18.8 Å². The molecule has 1 heterocycles. The minimum Gasteiger partial charge on any atom is -0.280 e. The average molecular weight is 408 g/mol. The maximum atomic E-state index is 12.6. The largest absolute Gasteiger partial charge is 0.280 e. The van der Waals surface area contributed by atoms with E-state index in [1.807, 2.05) is 0 Å². The second kappa shape index (κ2) is 8.10. The Hall–Kier alpha value is -2.39. The number of sulfonamides is 2. The lowest BCUT2D eigenvalue weighted by Crippen LogP contribution is -2.30.